The van der Waals surface area contributed by atoms with Crippen molar-refractivity contribution in [2.45, 2.75) is 32.2 Å². The third-order valence-corrected chi connectivity index (χ3v) is 3.41. The molecular formula is C14H21NO2. The third-order valence-electron chi connectivity index (χ3n) is 3.41. The highest BCUT2D eigenvalue weighted by Gasteiger charge is 2.23. The maximum Gasteiger partial charge on any atom is 0.142 e. The molecule has 1 unspecified atom stereocenters. The summed E-state index contributed by atoms with van der Waals surface area (Å²) < 4.78 is 5.74. The summed E-state index contributed by atoms with van der Waals surface area (Å²) >= 11 is 0. The maximum atomic E-state index is 8.75. The lowest BCUT2D eigenvalue weighted by molar-refractivity contribution is 0.0631. The second kappa shape index (κ2) is 6.03. The van der Waals surface area contributed by atoms with E-state index in [2.05, 4.69) is 24.0 Å². The van der Waals surface area contributed by atoms with E-state index < -0.39 is 0 Å². The Bertz CT molecular complexity index is 354. The standard InChI is InChI=1S/C14H21NO2/c1-12-13-7-3-4-8-14(13)17-11-15(12)9-5-2-6-10-16/h3-4,7-8,12,16H,2,5-6,9-11H2,1H3. The van der Waals surface area contributed by atoms with Crippen molar-refractivity contribution in [2.24, 2.45) is 0 Å². The van der Waals surface area contributed by atoms with Gasteiger partial charge in [0.1, 0.15) is 12.5 Å². The zero-order valence-electron chi connectivity index (χ0n) is 10.4. The molecule has 1 aromatic carbocycles. The van der Waals surface area contributed by atoms with Crippen LogP contribution in [0.4, 0.5) is 0 Å². The highest BCUT2D eigenvalue weighted by molar-refractivity contribution is 5.36. The summed E-state index contributed by atoms with van der Waals surface area (Å²) in [5, 5.41) is 8.75. The van der Waals surface area contributed by atoms with Crippen molar-refractivity contribution < 1.29 is 9.84 Å². The average molecular weight is 235 g/mol. The summed E-state index contributed by atoms with van der Waals surface area (Å²) in [5.74, 6) is 1.02. The Balaban J connectivity index is 1.90. The van der Waals surface area contributed by atoms with E-state index in [1.54, 1.807) is 0 Å². The van der Waals surface area contributed by atoms with E-state index in [1.165, 1.54) is 5.56 Å². The van der Waals surface area contributed by atoms with Crippen molar-refractivity contribution in [1.82, 2.24) is 4.90 Å². The lowest BCUT2D eigenvalue weighted by Gasteiger charge is -2.34. The van der Waals surface area contributed by atoms with E-state index in [4.69, 9.17) is 9.84 Å². The number of para-hydroxylation sites is 1. The Hall–Kier alpha value is -1.06. The van der Waals surface area contributed by atoms with E-state index in [-0.39, 0.29) is 0 Å². The van der Waals surface area contributed by atoms with Crippen LogP contribution in [0.25, 0.3) is 0 Å². The molecule has 2 rings (SSSR count). The monoisotopic (exact) mass is 235 g/mol. The number of benzene rings is 1. The highest BCUT2D eigenvalue weighted by Crippen LogP contribution is 2.33. The molecule has 0 spiro atoms. The lowest BCUT2D eigenvalue weighted by Crippen LogP contribution is -2.35. The molecule has 94 valence electrons. The molecule has 1 heterocycles. The molecule has 1 aliphatic rings. The Morgan fingerprint density at radius 3 is 2.94 bits per heavy atom. The summed E-state index contributed by atoms with van der Waals surface area (Å²) in [6.07, 6.45) is 3.11. The van der Waals surface area contributed by atoms with Gasteiger partial charge in [0.2, 0.25) is 0 Å². The van der Waals surface area contributed by atoms with E-state index in [0.29, 0.717) is 19.4 Å². The van der Waals surface area contributed by atoms with Crippen LogP contribution < -0.4 is 4.74 Å². The number of ether oxygens (including phenoxy) is 1. The van der Waals surface area contributed by atoms with Crippen LogP contribution in [0.1, 0.15) is 37.8 Å². The molecule has 1 aromatic rings. The van der Waals surface area contributed by atoms with Crippen LogP contribution in [-0.2, 0) is 0 Å². The van der Waals surface area contributed by atoms with Crippen molar-refractivity contribution in [3.05, 3.63) is 29.8 Å². The Kier molecular flexibility index (Phi) is 4.40. The molecule has 0 radical (unpaired) electrons. The summed E-state index contributed by atoms with van der Waals surface area (Å²) in [5.41, 5.74) is 1.28. The van der Waals surface area contributed by atoms with Crippen molar-refractivity contribution >= 4 is 0 Å². The molecule has 0 amide bonds. The lowest BCUT2D eigenvalue weighted by atomic mass is 10.0. The van der Waals surface area contributed by atoms with Gasteiger partial charge in [0, 0.05) is 24.8 Å². The van der Waals surface area contributed by atoms with Crippen LogP contribution in [-0.4, -0.2) is 29.9 Å². The van der Waals surface area contributed by atoms with E-state index in [1.807, 2.05) is 12.1 Å². The van der Waals surface area contributed by atoms with Crippen LogP contribution in [0.15, 0.2) is 24.3 Å². The predicted octanol–water partition coefficient (Wildman–Crippen LogP) is 2.56. The number of rotatable bonds is 5. The first-order chi connectivity index (χ1) is 8.33. The van der Waals surface area contributed by atoms with Crippen molar-refractivity contribution in [1.29, 1.82) is 0 Å². The zero-order valence-corrected chi connectivity index (χ0v) is 10.4. The Labute approximate surface area is 103 Å². The molecule has 1 aliphatic heterocycles. The van der Waals surface area contributed by atoms with Gasteiger partial charge >= 0.3 is 0 Å². The van der Waals surface area contributed by atoms with Gasteiger partial charge in [0.15, 0.2) is 0 Å². The topological polar surface area (TPSA) is 32.7 Å². The maximum absolute atomic E-state index is 8.75. The van der Waals surface area contributed by atoms with Crippen LogP contribution >= 0.6 is 0 Å². The first kappa shape index (κ1) is 12.4. The van der Waals surface area contributed by atoms with Gasteiger partial charge in [-0.05, 0) is 32.3 Å². The van der Waals surface area contributed by atoms with E-state index >= 15 is 0 Å². The second-order valence-electron chi connectivity index (χ2n) is 4.58. The third kappa shape index (κ3) is 2.99. The normalized spacial score (nSPS) is 19.8. The zero-order chi connectivity index (χ0) is 12.1. The molecule has 3 nitrogen and oxygen atoms in total. The molecule has 3 heteroatoms. The molecule has 1 atom stereocenters. The number of unbranched alkanes of at least 4 members (excludes halogenated alkanes) is 2. The Morgan fingerprint density at radius 2 is 2.12 bits per heavy atom. The number of aliphatic hydroxyl groups is 1. The van der Waals surface area contributed by atoms with Gasteiger partial charge < -0.3 is 9.84 Å². The Morgan fingerprint density at radius 1 is 1.29 bits per heavy atom. The SMILES string of the molecule is CC1c2ccccc2OCN1CCCCCO. The van der Waals surface area contributed by atoms with Crippen LogP contribution in [0.2, 0.25) is 0 Å². The number of fused-ring (bicyclic) bond motifs is 1. The molecule has 0 saturated carbocycles. The molecule has 0 bridgehead atoms. The van der Waals surface area contributed by atoms with Gasteiger partial charge in [0.05, 0.1) is 0 Å². The van der Waals surface area contributed by atoms with Crippen molar-refractivity contribution in [3.63, 3.8) is 0 Å². The largest absolute Gasteiger partial charge is 0.478 e. The van der Waals surface area contributed by atoms with Gasteiger partial charge in [-0.15, -0.1) is 0 Å². The van der Waals surface area contributed by atoms with Gasteiger partial charge in [-0.3, -0.25) is 4.90 Å². The van der Waals surface area contributed by atoms with Crippen molar-refractivity contribution in [2.75, 3.05) is 19.9 Å². The number of hydrogen-bond acceptors (Lipinski definition) is 3. The molecule has 0 aliphatic carbocycles. The van der Waals surface area contributed by atoms with Gasteiger partial charge in [-0.25, -0.2) is 0 Å². The summed E-state index contributed by atoms with van der Waals surface area (Å²) in [6.45, 7) is 4.25. The second-order valence-corrected chi connectivity index (χ2v) is 4.58. The summed E-state index contributed by atoms with van der Waals surface area (Å²) in [6, 6.07) is 8.68. The molecule has 17 heavy (non-hydrogen) atoms. The minimum absolute atomic E-state index is 0.300. The summed E-state index contributed by atoms with van der Waals surface area (Å²) in [7, 11) is 0. The minimum atomic E-state index is 0.300. The molecule has 1 N–H and O–H groups in total. The van der Waals surface area contributed by atoms with E-state index in [9.17, 15) is 0 Å². The van der Waals surface area contributed by atoms with Crippen LogP contribution in [0.3, 0.4) is 0 Å². The van der Waals surface area contributed by atoms with Crippen LogP contribution in [0, 0.1) is 0 Å². The van der Waals surface area contributed by atoms with Gasteiger partial charge in [-0.1, -0.05) is 18.2 Å². The van der Waals surface area contributed by atoms with E-state index in [0.717, 1.165) is 31.6 Å². The summed E-state index contributed by atoms with van der Waals surface area (Å²) in [4.78, 5) is 2.35. The van der Waals surface area contributed by atoms with Crippen molar-refractivity contribution in [3.8, 4) is 5.75 Å². The van der Waals surface area contributed by atoms with Crippen LogP contribution in [0.5, 0.6) is 5.75 Å². The molecular weight excluding hydrogens is 214 g/mol. The quantitative estimate of drug-likeness (QED) is 0.796. The predicted molar refractivity (Wildman–Crippen MR) is 68.0 cm³/mol. The number of nitrogens with zero attached hydrogens (tertiary/aromatic N) is 1. The first-order valence-electron chi connectivity index (χ1n) is 6.39. The highest BCUT2D eigenvalue weighted by atomic mass is 16.5. The molecule has 0 fully saturated rings. The minimum Gasteiger partial charge on any atom is -0.478 e. The fourth-order valence-corrected chi connectivity index (χ4v) is 2.28. The number of aliphatic hydroxyl groups excluding tert-OH is 1. The molecule has 0 aromatic heterocycles. The average Bonchev–Trinajstić information content (AvgIpc) is 2.37. The number of hydrogen-bond donors (Lipinski definition) is 1. The molecule has 0 saturated heterocycles. The fraction of sp³-hybridized carbons (Fsp3) is 0.571. The van der Waals surface area contributed by atoms with Gasteiger partial charge in [-0.2, -0.15) is 0 Å². The fourth-order valence-electron chi connectivity index (χ4n) is 2.28. The first-order valence-corrected chi connectivity index (χ1v) is 6.39. The van der Waals surface area contributed by atoms with Gasteiger partial charge in [0.25, 0.3) is 0 Å². The smallest absolute Gasteiger partial charge is 0.142 e.